The lowest BCUT2D eigenvalue weighted by Gasteiger charge is -2.34. The number of rotatable bonds is 8. The first-order chi connectivity index (χ1) is 18.8. The number of aryl methyl sites for hydroxylation is 1. The van der Waals surface area contributed by atoms with Gasteiger partial charge in [-0.2, -0.15) is 0 Å². The Morgan fingerprint density at radius 2 is 1.87 bits per heavy atom. The zero-order valence-electron chi connectivity index (χ0n) is 23.0. The van der Waals surface area contributed by atoms with E-state index in [9.17, 15) is 9.59 Å². The number of hydrogen-bond donors (Lipinski definition) is 2. The van der Waals surface area contributed by atoms with Gasteiger partial charge in [0.15, 0.2) is 0 Å². The molecule has 3 atom stereocenters. The van der Waals surface area contributed by atoms with Crippen molar-refractivity contribution >= 4 is 28.8 Å². The topological polar surface area (TPSA) is 73.9 Å². The van der Waals surface area contributed by atoms with Crippen LogP contribution in [0.2, 0.25) is 0 Å². The molecule has 3 aromatic rings. The van der Waals surface area contributed by atoms with E-state index in [-0.39, 0.29) is 17.9 Å². The number of nitrogens with zero attached hydrogens (tertiary/aromatic N) is 2. The van der Waals surface area contributed by atoms with Crippen molar-refractivity contribution in [2.24, 2.45) is 0 Å². The molecule has 2 bridgehead atoms. The van der Waals surface area contributed by atoms with Crippen LogP contribution in [0.5, 0.6) is 5.75 Å². The number of carbonyl (C=O) groups excluding carboxylic acids is 2. The van der Waals surface area contributed by atoms with Crippen LogP contribution < -0.4 is 20.3 Å². The van der Waals surface area contributed by atoms with Crippen molar-refractivity contribution in [1.82, 2.24) is 15.5 Å². The van der Waals surface area contributed by atoms with Crippen LogP contribution in [-0.2, 0) is 0 Å². The number of nitrogens with one attached hydrogen (secondary N) is 2. The fourth-order valence-electron chi connectivity index (χ4n) is 5.87. The molecule has 7 nitrogen and oxygen atoms in total. The molecule has 2 aromatic carbocycles. The number of likely N-dealkylation sites (tertiary alicyclic amines) is 1. The Labute approximate surface area is 234 Å². The van der Waals surface area contributed by atoms with E-state index in [1.54, 1.807) is 7.11 Å². The van der Waals surface area contributed by atoms with Gasteiger partial charge >= 0.3 is 0 Å². The zero-order valence-corrected chi connectivity index (χ0v) is 23.8. The molecule has 3 heterocycles. The van der Waals surface area contributed by atoms with E-state index in [1.165, 1.54) is 17.8 Å². The van der Waals surface area contributed by atoms with E-state index in [2.05, 4.69) is 51.7 Å². The van der Waals surface area contributed by atoms with Gasteiger partial charge in [-0.3, -0.25) is 14.5 Å². The Bertz CT molecular complexity index is 1410. The molecule has 0 unspecified atom stereocenters. The van der Waals surface area contributed by atoms with Crippen molar-refractivity contribution < 1.29 is 14.3 Å². The first-order valence-corrected chi connectivity index (χ1v) is 14.6. The Balaban J connectivity index is 1.19. The predicted molar refractivity (Wildman–Crippen MR) is 156 cm³/mol. The zero-order chi connectivity index (χ0) is 27.3. The van der Waals surface area contributed by atoms with E-state index in [0.717, 1.165) is 59.6 Å². The first kappa shape index (κ1) is 25.9. The van der Waals surface area contributed by atoms with Crippen molar-refractivity contribution in [1.29, 1.82) is 0 Å². The van der Waals surface area contributed by atoms with E-state index < -0.39 is 0 Å². The van der Waals surface area contributed by atoms with E-state index in [0.29, 0.717) is 28.6 Å². The predicted octanol–water partition coefficient (Wildman–Crippen LogP) is 5.01. The number of amides is 2. The third-order valence-corrected chi connectivity index (χ3v) is 9.36. The van der Waals surface area contributed by atoms with Crippen LogP contribution >= 0.6 is 11.3 Å². The molecule has 2 aliphatic heterocycles. The number of fused-ring (bicyclic) bond motifs is 2. The number of likely N-dealkylation sites (N-methyl/N-ethyl adjacent to an activating group) is 1. The van der Waals surface area contributed by atoms with Crippen molar-refractivity contribution in [2.75, 3.05) is 32.1 Å². The molecule has 0 spiro atoms. The quantitative estimate of drug-likeness (QED) is 0.417. The molecule has 3 aliphatic rings. The molecule has 3 fully saturated rings. The molecule has 2 N–H and O–H groups in total. The Hall–Kier alpha value is -3.36. The highest BCUT2D eigenvalue weighted by Crippen LogP contribution is 2.37. The van der Waals surface area contributed by atoms with Crippen molar-refractivity contribution in [3.63, 3.8) is 0 Å². The molecule has 8 heteroatoms. The van der Waals surface area contributed by atoms with Crippen LogP contribution in [0, 0.1) is 6.92 Å². The fourth-order valence-corrected chi connectivity index (χ4v) is 6.68. The van der Waals surface area contributed by atoms with Gasteiger partial charge in [0.1, 0.15) is 5.75 Å². The average molecular weight is 545 g/mol. The molecule has 204 valence electrons. The van der Waals surface area contributed by atoms with Crippen LogP contribution in [0.1, 0.15) is 63.4 Å². The van der Waals surface area contributed by atoms with Gasteiger partial charge in [-0.05, 0) is 92.6 Å². The number of methoxy groups -OCH3 is 1. The summed E-state index contributed by atoms with van der Waals surface area (Å²) < 4.78 is 5.64. The Kier molecular flexibility index (Phi) is 6.85. The highest BCUT2D eigenvalue weighted by molar-refractivity contribution is 7.12. The van der Waals surface area contributed by atoms with Crippen LogP contribution in [0.3, 0.4) is 0 Å². The smallest absolute Gasteiger partial charge is 0.261 e. The minimum Gasteiger partial charge on any atom is -0.496 e. The lowest BCUT2D eigenvalue weighted by Crippen LogP contribution is -2.44. The highest BCUT2D eigenvalue weighted by Gasteiger charge is 2.41. The molecular weight excluding hydrogens is 508 g/mol. The standard InChI is InChI=1S/C31H36N4O3S/c1-18-5-9-23(35-16-24-13-25(35)15-34(24)3)14-26(18)30(36)32-19(2)20-6-10-28(38-4)27(11-20)21-12-29(39-17-21)31(37)33-22-7-8-22/h5-6,9-12,14,17,19,22,24-25H,7-8,13,15-16H2,1-4H3,(H,32,36)(H,33,37)/t19-,24-,25-/m1/s1. The highest BCUT2D eigenvalue weighted by atomic mass is 32.1. The Morgan fingerprint density at radius 3 is 2.56 bits per heavy atom. The maximum Gasteiger partial charge on any atom is 0.261 e. The van der Waals surface area contributed by atoms with Gasteiger partial charge in [-0.1, -0.05) is 12.1 Å². The Morgan fingerprint density at radius 1 is 1.05 bits per heavy atom. The van der Waals surface area contributed by atoms with Crippen LogP contribution in [0.4, 0.5) is 5.69 Å². The second kappa shape index (κ2) is 10.3. The maximum absolute atomic E-state index is 13.5. The summed E-state index contributed by atoms with van der Waals surface area (Å²) in [5, 5.41) is 8.26. The minimum absolute atomic E-state index is 0.0177. The van der Waals surface area contributed by atoms with Gasteiger partial charge in [0.05, 0.1) is 18.0 Å². The van der Waals surface area contributed by atoms with Crippen LogP contribution in [-0.4, -0.2) is 62.1 Å². The molecular formula is C31H36N4O3S. The van der Waals surface area contributed by atoms with Crippen LogP contribution in [0.15, 0.2) is 47.8 Å². The number of ether oxygens (including phenoxy) is 1. The third-order valence-electron chi connectivity index (χ3n) is 8.43. The largest absolute Gasteiger partial charge is 0.496 e. The van der Waals surface area contributed by atoms with Crippen LogP contribution in [0.25, 0.3) is 11.1 Å². The second-order valence-corrected chi connectivity index (χ2v) is 12.1. The van der Waals surface area contributed by atoms with Gasteiger partial charge < -0.3 is 20.3 Å². The number of anilines is 1. The molecule has 1 saturated carbocycles. The minimum atomic E-state index is -0.210. The summed E-state index contributed by atoms with van der Waals surface area (Å²) in [6, 6.07) is 15.4. The van der Waals surface area contributed by atoms with Crippen molar-refractivity contribution in [3.8, 4) is 16.9 Å². The van der Waals surface area contributed by atoms with Gasteiger partial charge in [0, 0.05) is 48.0 Å². The molecule has 2 saturated heterocycles. The first-order valence-electron chi connectivity index (χ1n) is 13.8. The maximum atomic E-state index is 13.5. The summed E-state index contributed by atoms with van der Waals surface area (Å²) in [7, 11) is 3.85. The van der Waals surface area contributed by atoms with E-state index in [4.69, 9.17) is 4.74 Å². The number of carbonyl (C=O) groups is 2. The second-order valence-electron chi connectivity index (χ2n) is 11.2. The van der Waals surface area contributed by atoms with E-state index >= 15 is 0 Å². The summed E-state index contributed by atoms with van der Waals surface area (Å²) in [5.41, 5.74) is 5.63. The lowest BCUT2D eigenvalue weighted by molar-refractivity contribution is 0.0935. The molecule has 1 aromatic heterocycles. The van der Waals surface area contributed by atoms with Gasteiger partial charge in [-0.15, -0.1) is 11.3 Å². The number of hydrogen-bond acceptors (Lipinski definition) is 6. The van der Waals surface area contributed by atoms with Gasteiger partial charge in [0.25, 0.3) is 11.8 Å². The normalized spacial score (nSPS) is 21.2. The van der Waals surface area contributed by atoms with Gasteiger partial charge in [-0.25, -0.2) is 0 Å². The van der Waals surface area contributed by atoms with Crippen molar-refractivity contribution in [2.45, 2.75) is 57.3 Å². The molecule has 0 radical (unpaired) electrons. The number of thiophene rings is 1. The fraction of sp³-hybridized carbons (Fsp3) is 0.419. The SMILES string of the molecule is COc1ccc([C@@H](C)NC(=O)c2cc(N3C[C@H]4C[C@@H]3CN4C)ccc2C)cc1-c1csc(C(=O)NC2CC2)c1. The molecule has 2 amide bonds. The lowest BCUT2D eigenvalue weighted by atomic mass is 9.99. The summed E-state index contributed by atoms with van der Waals surface area (Å²) >= 11 is 1.44. The molecule has 6 rings (SSSR count). The van der Waals surface area contributed by atoms with E-state index in [1.807, 2.05) is 37.4 Å². The molecule has 1 aliphatic carbocycles. The summed E-state index contributed by atoms with van der Waals surface area (Å²) in [4.78, 5) is 31.6. The molecule has 39 heavy (non-hydrogen) atoms. The third kappa shape index (κ3) is 5.15. The summed E-state index contributed by atoms with van der Waals surface area (Å²) in [6.07, 6.45) is 3.31. The van der Waals surface area contributed by atoms with Gasteiger partial charge in [0.2, 0.25) is 0 Å². The van der Waals surface area contributed by atoms with Crippen molar-refractivity contribution in [3.05, 3.63) is 69.4 Å². The average Bonchev–Trinajstić information content (AvgIpc) is 3.30. The monoisotopic (exact) mass is 544 g/mol. The summed E-state index contributed by atoms with van der Waals surface area (Å²) in [6.45, 7) is 6.09. The summed E-state index contributed by atoms with van der Waals surface area (Å²) in [5.74, 6) is 0.643. The number of benzene rings is 2. The number of piperazine rings is 1.